The van der Waals surface area contributed by atoms with Gasteiger partial charge in [0.1, 0.15) is 5.75 Å². The number of hydrogen-bond donors (Lipinski definition) is 3. The molecule has 0 bridgehead atoms. The van der Waals surface area contributed by atoms with Crippen LogP contribution in [0.1, 0.15) is 36.6 Å². The first-order valence-corrected chi connectivity index (χ1v) is 9.81. The minimum atomic E-state index is -4.61. The van der Waals surface area contributed by atoms with E-state index >= 15 is 0 Å². The molecule has 0 saturated carbocycles. The van der Waals surface area contributed by atoms with Crippen LogP contribution in [0.5, 0.6) is 5.75 Å². The van der Waals surface area contributed by atoms with E-state index in [4.69, 9.17) is 20.3 Å². The molecule has 1 aliphatic rings. The molecule has 3 N–H and O–H groups in total. The maximum absolute atomic E-state index is 11.4. The van der Waals surface area contributed by atoms with E-state index in [9.17, 15) is 13.2 Å². The van der Waals surface area contributed by atoms with Crippen LogP contribution in [0.2, 0.25) is 0 Å². The van der Waals surface area contributed by atoms with Crippen LogP contribution in [-0.2, 0) is 39.1 Å². The van der Waals surface area contributed by atoms with Crippen molar-refractivity contribution in [3.63, 3.8) is 0 Å². The number of benzene rings is 2. The molecule has 0 saturated heterocycles. The largest absolute Gasteiger partial charge is 0.652 e. The first-order chi connectivity index (χ1) is 14.4. The van der Waals surface area contributed by atoms with Gasteiger partial charge in [0.15, 0.2) is 6.10 Å². The van der Waals surface area contributed by atoms with Gasteiger partial charge in [0.05, 0.1) is 13.8 Å². The summed E-state index contributed by atoms with van der Waals surface area (Å²) in [6, 6.07) is 16.9. The number of nitrogens with one attached hydrogen (secondary N) is 1. The normalized spacial score (nSPS) is 15.7. The molecule has 0 fully saturated rings. The third kappa shape index (κ3) is 9.97. The van der Waals surface area contributed by atoms with Gasteiger partial charge in [0.2, 0.25) is 0 Å². The van der Waals surface area contributed by atoms with Gasteiger partial charge in [-0.1, -0.05) is 67.4 Å². The second kappa shape index (κ2) is 15.7. The van der Waals surface area contributed by atoms with E-state index in [1.54, 1.807) is 7.11 Å². The van der Waals surface area contributed by atoms with E-state index in [2.05, 4.69) is 36.4 Å². The number of hydrogen-bond acceptors (Lipinski definition) is 4. The Balaban J connectivity index is 0.000000600. The molecule has 2 unspecified atom stereocenters. The third-order valence-corrected chi connectivity index (χ3v) is 4.28. The summed E-state index contributed by atoms with van der Waals surface area (Å²) in [6.45, 7) is 3.64. The average molecular weight is 516 g/mol. The fourth-order valence-corrected chi connectivity index (χ4v) is 2.83. The molecule has 2 aromatic rings. The Morgan fingerprint density at radius 2 is 1.81 bits per heavy atom. The predicted octanol–water partition coefficient (Wildman–Crippen LogP) is 4.19. The maximum atomic E-state index is 11.4. The van der Waals surface area contributed by atoms with Gasteiger partial charge < -0.3 is 20.3 Å². The summed E-state index contributed by atoms with van der Waals surface area (Å²) < 4.78 is 39.5. The van der Waals surface area contributed by atoms with Gasteiger partial charge >= 0.3 is 6.18 Å². The molecule has 2 aromatic carbocycles. The van der Waals surface area contributed by atoms with E-state index in [1.807, 2.05) is 31.3 Å². The van der Waals surface area contributed by atoms with Crippen molar-refractivity contribution in [2.45, 2.75) is 38.6 Å². The minimum Gasteiger partial charge on any atom is -0.652 e. The van der Waals surface area contributed by atoms with Crippen LogP contribution in [0.3, 0.4) is 0 Å². The van der Waals surface area contributed by atoms with Crippen molar-refractivity contribution in [2.24, 2.45) is 0 Å². The number of aliphatic hydroxyl groups excluding tert-OH is 2. The summed E-state index contributed by atoms with van der Waals surface area (Å²) >= 11 is 0. The Hall–Kier alpha value is -1.03. The summed E-state index contributed by atoms with van der Waals surface area (Å²) in [5.41, 5.74) is 3.93. The fourth-order valence-electron chi connectivity index (χ4n) is 2.83. The number of methoxy groups -OCH3 is 1. The Bertz CT molecular complexity index is 734. The second-order valence-corrected chi connectivity index (χ2v) is 6.20. The van der Waals surface area contributed by atoms with Crippen LogP contribution in [-0.4, -0.2) is 49.4 Å². The molecule has 1 heterocycles. The molecule has 0 amide bonds. The average Bonchev–Trinajstić information content (AvgIpc) is 2.78. The number of fused-ring (bicyclic) bond motifs is 1. The predicted molar refractivity (Wildman–Crippen MR) is 112 cm³/mol. The van der Waals surface area contributed by atoms with Crippen molar-refractivity contribution in [2.75, 3.05) is 26.9 Å². The molecule has 2 atom stereocenters. The van der Waals surface area contributed by atoms with Gasteiger partial charge in [-0.3, -0.25) is 5.32 Å². The zero-order valence-electron chi connectivity index (χ0n) is 18.1. The minimum absolute atomic E-state index is 0. The van der Waals surface area contributed by atoms with Gasteiger partial charge in [-0.2, -0.15) is 13.2 Å². The van der Waals surface area contributed by atoms with Crippen LogP contribution >= 0.6 is 0 Å². The van der Waals surface area contributed by atoms with E-state index < -0.39 is 25.6 Å². The van der Waals surface area contributed by atoms with Gasteiger partial charge in [0.25, 0.3) is 0 Å². The molecule has 5 nitrogen and oxygen atoms in total. The molecule has 0 aromatic heterocycles. The van der Waals surface area contributed by atoms with Gasteiger partial charge in [0, 0.05) is 39.3 Å². The number of nitrogens with zero attached hydrogens (tertiary/aromatic N) is 1. The van der Waals surface area contributed by atoms with E-state index in [-0.39, 0.29) is 38.8 Å². The van der Waals surface area contributed by atoms with Crippen molar-refractivity contribution in [3.8, 4) is 5.75 Å². The van der Waals surface area contributed by atoms with Crippen molar-refractivity contribution in [1.82, 2.24) is 5.32 Å². The maximum Gasteiger partial charge on any atom is 0.415 e. The first kappa shape index (κ1) is 30.0. The molecule has 1 aliphatic heterocycles. The van der Waals surface area contributed by atoms with Crippen molar-refractivity contribution >= 4 is 0 Å². The summed E-state index contributed by atoms with van der Waals surface area (Å²) in [4.78, 5) is 0. The number of ether oxygens (including phenoxy) is 1. The van der Waals surface area contributed by atoms with E-state index in [0.717, 1.165) is 18.7 Å². The van der Waals surface area contributed by atoms with Gasteiger partial charge in [-0.25, -0.2) is 0 Å². The van der Waals surface area contributed by atoms with Crippen molar-refractivity contribution < 1.29 is 60.8 Å². The molecule has 1 radical (unpaired) electrons. The van der Waals surface area contributed by atoms with Crippen LogP contribution < -0.4 is 10.1 Å². The number of aliphatic hydroxyl groups is 2. The Labute approximate surface area is 207 Å². The van der Waals surface area contributed by atoms with Crippen LogP contribution in [0.15, 0.2) is 48.5 Å². The molecule has 9 heteroatoms. The van der Waals surface area contributed by atoms with Gasteiger partial charge in [-0.15, -0.1) is 6.54 Å². The van der Waals surface area contributed by atoms with E-state index in [1.165, 1.54) is 16.7 Å². The van der Waals surface area contributed by atoms with Crippen molar-refractivity contribution in [3.05, 3.63) is 70.5 Å². The number of alkyl halides is 3. The quantitative estimate of drug-likeness (QED) is 0.522. The van der Waals surface area contributed by atoms with Crippen molar-refractivity contribution in [1.29, 1.82) is 0 Å². The SMILES string of the molecule is CC.COc1ccc2c(c1)C(c1ccccc1)[N-]CC2.OCNCC(O)C(F)(F)F.[Y]. The Morgan fingerprint density at radius 1 is 1.16 bits per heavy atom. The second-order valence-electron chi connectivity index (χ2n) is 6.20. The summed E-state index contributed by atoms with van der Waals surface area (Å²) in [6.07, 6.45) is -5.98. The van der Waals surface area contributed by atoms with Crippen LogP contribution in [0.4, 0.5) is 13.2 Å². The fraction of sp³-hybridized carbons (Fsp3) is 0.455. The summed E-state index contributed by atoms with van der Waals surface area (Å²) in [5.74, 6) is 0.909. The topological polar surface area (TPSA) is 75.8 Å². The molecule has 3 rings (SSSR count). The molecular weight excluding hydrogens is 486 g/mol. The summed E-state index contributed by atoms with van der Waals surface area (Å²) in [5, 5.41) is 22.9. The number of halogens is 3. The Morgan fingerprint density at radius 3 is 2.35 bits per heavy atom. The molecular formula is C22H30F3N2O3Y-. The molecule has 0 spiro atoms. The van der Waals surface area contributed by atoms with Gasteiger partial charge in [-0.05, 0) is 24.1 Å². The number of rotatable bonds is 5. The molecule has 0 aliphatic carbocycles. The zero-order chi connectivity index (χ0) is 22.6. The van der Waals surface area contributed by atoms with Crippen LogP contribution in [0, 0.1) is 0 Å². The van der Waals surface area contributed by atoms with E-state index in [0.29, 0.717) is 0 Å². The Kier molecular flexibility index (Phi) is 15.2. The molecule has 31 heavy (non-hydrogen) atoms. The smallest absolute Gasteiger partial charge is 0.415 e. The zero-order valence-corrected chi connectivity index (χ0v) is 20.9. The first-order valence-electron chi connectivity index (χ1n) is 9.81. The van der Waals surface area contributed by atoms with Crippen LogP contribution in [0.25, 0.3) is 5.32 Å². The standard InChI is InChI=1S/C16H16NO.C4H8F3NO2.C2H6.Y/c1-18-14-8-7-12-9-10-17-16(15(12)11-14)13-5-3-2-4-6-13;5-4(6,7)3(10)1-8-2-9;1-2;/h2-8,11,16H,9-10H2,1H3;3,8-10H,1-2H2;1-2H3;/q-1;;;. The molecule has 171 valence electrons. The monoisotopic (exact) mass is 516 g/mol. The third-order valence-electron chi connectivity index (χ3n) is 4.28. The summed E-state index contributed by atoms with van der Waals surface area (Å²) in [7, 11) is 1.71.